The maximum Gasteiger partial charge on any atom is 0.244 e. The lowest BCUT2D eigenvalue weighted by atomic mass is 10.2. The third-order valence-corrected chi connectivity index (χ3v) is 3.81. The standard InChI is InChI=1S/C19H20N2O3/c1-21(2)16(18-12-14-6-3-4-8-17(14)24-18)13-20-19(22)10-9-15-7-5-11-23-15/h3-12,16H,13H2,1-2H3,(H,20,22)/b10-9+/t16-/m0/s1. The molecule has 24 heavy (non-hydrogen) atoms. The summed E-state index contributed by atoms with van der Waals surface area (Å²) in [5.41, 5.74) is 0.850. The van der Waals surface area contributed by atoms with E-state index >= 15 is 0 Å². The molecule has 5 heteroatoms. The van der Waals surface area contributed by atoms with Gasteiger partial charge in [0.15, 0.2) is 0 Å². The van der Waals surface area contributed by atoms with Gasteiger partial charge in [0.25, 0.3) is 0 Å². The van der Waals surface area contributed by atoms with Gasteiger partial charge >= 0.3 is 0 Å². The van der Waals surface area contributed by atoms with E-state index < -0.39 is 0 Å². The Balaban J connectivity index is 1.67. The van der Waals surface area contributed by atoms with Crippen molar-refractivity contribution in [3.05, 3.63) is 66.3 Å². The Morgan fingerprint density at radius 3 is 2.79 bits per heavy atom. The number of nitrogens with one attached hydrogen (secondary N) is 1. The van der Waals surface area contributed by atoms with Crippen LogP contribution in [0.2, 0.25) is 0 Å². The largest absolute Gasteiger partial charge is 0.465 e. The number of nitrogens with zero attached hydrogens (tertiary/aromatic N) is 1. The van der Waals surface area contributed by atoms with Crippen LogP contribution in [0.15, 0.2) is 63.6 Å². The molecule has 1 atom stereocenters. The highest BCUT2D eigenvalue weighted by molar-refractivity contribution is 5.91. The molecule has 1 aromatic carbocycles. The fourth-order valence-electron chi connectivity index (χ4n) is 2.50. The van der Waals surface area contributed by atoms with Crippen molar-refractivity contribution in [1.82, 2.24) is 10.2 Å². The fraction of sp³-hybridized carbons (Fsp3) is 0.211. The summed E-state index contributed by atoms with van der Waals surface area (Å²) in [5, 5.41) is 3.96. The van der Waals surface area contributed by atoms with Gasteiger partial charge in [0.1, 0.15) is 17.1 Å². The molecule has 3 aromatic rings. The van der Waals surface area contributed by atoms with E-state index in [4.69, 9.17) is 8.83 Å². The van der Waals surface area contributed by atoms with Crippen LogP contribution in [0.1, 0.15) is 17.6 Å². The Morgan fingerprint density at radius 2 is 2.08 bits per heavy atom. The molecule has 0 aliphatic carbocycles. The number of furan rings is 2. The summed E-state index contributed by atoms with van der Waals surface area (Å²) in [6, 6.07) is 13.4. The number of likely N-dealkylation sites (N-methyl/N-ethyl adjacent to an activating group) is 1. The summed E-state index contributed by atoms with van der Waals surface area (Å²) in [4.78, 5) is 14.0. The lowest BCUT2D eigenvalue weighted by molar-refractivity contribution is -0.116. The third kappa shape index (κ3) is 3.75. The lowest BCUT2D eigenvalue weighted by Crippen LogP contribution is -2.33. The van der Waals surface area contributed by atoms with E-state index in [0.29, 0.717) is 12.3 Å². The molecule has 0 radical (unpaired) electrons. The highest BCUT2D eigenvalue weighted by Crippen LogP contribution is 2.25. The molecule has 0 spiro atoms. The zero-order valence-corrected chi connectivity index (χ0v) is 13.7. The van der Waals surface area contributed by atoms with Gasteiger partial charge in [-0.15, -0.1) is 0 Å². The van der Waals surface area contributed by atoms with E-state index in [-0.39, 0.29) is 11.9 Å². The first kappa shape index (κ1) is 16.1. The number of fused-ring (bicyclic) bond motifs is 1. The van der Waals surface area contributed by atoms with Crippen LogP contribution in [-0.2, 0) is 4.79 Å². The molecule has 0 fully saturated rings. The van der Waals surface area contributed by atoms with Crippen molar-refractivity contribution in [2.45, 2.75) is 6.04 Å². The molecule has 0 saturated carbocycles. The SMILES string of the molecule is CN(C)[C@@H](CNC(=O)/C=C/c1ccco1)c1cc2ccccc2o1. The Kier molecular flexibility index (Phi) is 4.82. The Morgan fingerprint density at radius 1 is 1.25 bits per heavy atom. The maximum atomic E-state index is 12.0. The van der Waals surface area contributed by atoms with Crippen LogP contribution in [-0.4, -0.2) is 31.4 Å². The molecule has 1 N–H and O–H groups in total. The molecule has 124 valence electrons. The number of rotatable bonds is 6. The number of benzene rings is 1. The lowest BCUT2D eigenvalue weighted by Gasteiger charge is -2.22. The van der Waals surface area contributed by atoms with Crippen molar-refractivity contribution in [3.63, 3.8) is 0 Å². The second-order valence-electron chi connectivity index (χ2n) is 5.76. The van der Waals surface area contributed by atoms with Gasteiger partial charge in [0, 0.05) is 18.0 Å². The first-order valence-corrected chi connectivity index (χ1v) is 7.78. The minimum atomic E-state index is -0.172. The van der Waals surface area contributed by atoms with Crippen molar-refractivity contribution in [2.75, 3.05) is 20.6 Å². The Hall–Kier alpha value is -2.79. The Labute approximate surface area is 140 Å². The summed E-state index contributed by atoms with van der Waals surface area (Å²) in [6.07, 6.45) is 4.67. The summed E-state index contributed by atoms with van der Waals surface area (Å²) in [7, 11) is 3.92. The minimum absolute atomic E-state index is 0.0432. The highest BCUT2D eigenvalue weighted by Gasteiger charge is 2.19. The topological polar surface area (TPSA) is 58.6 Å². The second kappa shape index (κ2) is 7.19. The molecule has 0 bridgehead atoms. The van der Waals surface area contributed by atoms with Crippen molar-refractivity contribution < 1.29 is 13.6 Å². The van der Waals surface area contributed by atoms with E-state index in [1.807, 2.05) is 49.3 Å². The Bertz CT molecular complexity index is 798. The fourth-order valence-corrected chi connectivity index (χ4v) is 2.50. The summed E-state index contributed by atoms with van der Waals surface area (Å²) in [6.45, 7) is 0.453. The molecule has 2 aromatic heterocycles. The van der Waals surface area contributed by atoms with Gasteiger partial charge in [-0.25, -0.2) is 0 Å². The average molecular weight is 324 g/mol. The summed E-state index contributed by atoms with van der Waals surface area (Å²) >= 11 is 0. The van der Waals surface area contributed by atoms with E-state index in [0.717, 1.165) is 16.7 Å². The van der Waals surface area contributed by atoms with Gasteiger partial charge in [-0.05, 0) is 44.4 Å². The van der Waals surface area contributed by atoms with Gasteiger partial charge in [-0.2, -0.15) is 0 Å². The third-order valence-electron chi connectivity index (χ3n) is 3.81. The van der Waals surface area contributed by atoms with Crippen molar-refractivity contribution in [3.8, 4) is 0 Å². The van der Waals surface area contributed by atoms with Gasteiger partial charge in [0.2, 0.25) is 5.91 Å². The average Bonchev–Trinajstić information content (AvgIpc) is 3.22. The number of amides is 1. The van der Waals surface area contributed by atoms with E-state index in [1.165, 1.54) is 6.08 Å². The monoisotopic (exact) mass is 324 g/mol. The highest BCUT2D eigenvalue weighted by atomic mass is 16.3. The molecule has 1 amide bonds. The smallest absolute Gasteiger partial charge is 0.244 e. The van der Waals surface area contributed by atoms with Crippen LogP contribution in [0.3, 0.4) is 0 Å². The van der Waals surface area contributed by atoms with E-state index in [2.05, 4.69) is 5.32 Å². The molecular formula is C19H20N2O3. The zero-order chi connectivity index (χ0) is 16.9. The van der Waals surface area contributed by atoms with Gasteiger partial charge < -0.3 is 14.2 Å². The molecular weight excluding hydrogens is 304 g/mol. The number of para-hydroxylation sites is 1. The van der Waals surface area contributed by atoms with E-state index in [9.17, 15) is 4.79 Å². The normalized spacial score (nSPS) is 13.0. The molecule has 3 rings (SSSR count). The second-order valence-corrected chi connectivity index (χ2v) is 5.76. The van der Waals surface area contributed by atoms with Gasteiger partial charge in [-0.1, -0.05) is 18.2 Å². The quantitative estimate of drug-likeness (QED) is 0.706. The van der Waals surface area contributed by atoms with Crippen LogP contribution in [0, 0.1) is 0 Å². The zero-order valence-electron chi connectivity index (χ0n) is 13.7. The van der Waals surface area contributed by atoms with E-state index in [1.54, 1.807) is 24.5 Å². The van der Waals surface area contributed by atoms with Crippen LogP contribution in [0.25, 0.3) is 17.0 Å². The molecule has 0 unspecified atom stereocenters. The minimum Gasteiger partial charge on any atom is -0.465 e. The first-order chi connectivity index (χ1) is 11.6. The van der Waals surface area contributed by atoms with Crippen molar-refractivity contribution in [1.29, 1.82) is 0 Å². The van der Waals surface area contributed by atoms with Gasteiger partial charge in [-0.3, -0.25) is 9.69 Å². The van der Waals surface area contributed by atoms with Crippen molar-refractivity contribution in [2.24, 2.45) is 0 Å². The molecule has 2 heterocycles. The summed E-state index contributed by atoms with van der Waals surface area (Å²) in [5.74, 6) is 1.30. The predicted octanol–water partition coefficient (Wildman–Crippen LogP) is 3.46. The van der Waals surface area contributed by atoms with Crippen LogP contribution in [0.5, 0.6) is 0 Å². The summed E-state index contributed by atoms with van der Waals surface area (Å²) < 4.78 is 11.1. The van der Waals surface area contributed by atoms with Gasteiger partial charge in [0.05, 0.1) is 12.3 Å². The number of hydrogen-bond donors (Lipinski definition) is 1. The van der Waals surface area contributed by atoms with Crippen LogP contribution < -0.4 is 5.32 Å². The number of hydrogen-bond acceptors (Lipinski definition) is 4. The molecule has 0 aliphatic heterocycles. The maximum absolute atomic E-state index is 12.0. The number of carbonyl (C=O) groups is 1. The predicted molar refractivity (Wildman–Crippen MR) is 93.4 cm³/mol. The molecule has 0 saturated heterocycles. The molecule has 0 aliphatic rings. The number of carbonyl (C=O) groups excluding carboxylic acids is 1. The first-order valence-electron chi connectivity index (χ1n) is 7.78. The molecule has 5 nitrogen and oxygen atoms in total. The van der Waals surface area contributed by atoms with Crippen LogP contribution >= 0.6 is 0 Å². The van der Waals surface area contributed by atoms with Crippen molar-refractivity contribution >= 4 is 23.0 Å². The van der Waals surface area contributed by atoms with Crippen LogP contribution in [0.4, 0.5) is 0 Å².